The molecule has 0 aromatic heterocycles. The average Bonchev–Trinajstić information content (AvgIpc) is 3.41. The molecule has 2 aromatic carbocycles. The van der Waals surface area contributed by atoms with Gasteiger partial charge >= 0.3 is 7.60 Å². The zero-order valence-electron chi connectivity index (χ0n) is 15.4. The first-order valence-electron chi connectivity index (χ1n) is 9.36. The van der Waals surface area contributed by atoms with Crippen LogP contribution >= 0.6 is 19.4 Å². The molecule has 28 heavy (non-hydrogen) atoms. The number of nitrogens with one attached hydrogen (secondary N) is 1. The van der Waals surface area contributed by atoms with Gasteiger partial charge in [-0.15, -0.1) is 11.8 Å². The zero-order valence-corrected chi connectivity index (χ0v) is 17.1. The Balaban J connectivity index is 1.63. The molecule has 1 N–H and O–H groups in total. The number of hydrogen-bond donors (Lipinski definition) is 1. The van der Waals surface area contributed by atoms with Crippen LogP contribution in [0.3, 0.4) is 0 Å². The van der Waals surface area contributed by atoms with Crippen molar-refractivity contribution in [3.8, 4) is 11.5 Å². The number of amides is 1. The van der Waals surface area contributed by atoms with Crippen molar-refractivity contribution in [2.24, 2.45) is 0 Å². The van der Waals surface area contributed by atoms with Crippen LogP contribution in [0.4, 0.5) is 0 Å². The smallest absolute Gasteiger partial charge is 0.415 e. The van der Waals surface area contributed by atoms with E-state index in [0.717, 1.165) is 18.1 Å². The Kier molecular flexibility index (Phi) is 5.95. The fourth-order valence-electron chi connectivity index (χ4n) is 3.49. The molecule has 2 saturated heterocycles. The summed E-state index contributed by atoms with van der Waals surface area (Å²) in [6, 6.07) is 17.8. The molecule has 148 valence electrons. The highest BCUT2D eigenvalue weighted by atomic mass is 32.2. The Labute approximate surface area is 169 Å². The molecule has 6 nitrogen and oxygen atoms in total. The van der Waals surface area contributed by atoms with Gasteiger partial charge in [-0.3, -0.25) is 10.1 Å². The fraction of sp³-hybridized carbons (Fsp3) is 0.350. The third kappa shape index (κ3) is 4.22. The highest BCUT2D eigenvalue weighted by Crippen LogP contribution is 2.57. The van der Waals surface area contributed by atoms with Crippen LogP contribution in [-0.2, 0) is 9.36 Å². The maximum Gasteiger partial charge on any atom is 0.453 e. The third-order valence-electron chi connectivity index (χ3n) is 4.84. The number of nitrogens with zero attached hydrogens (tertiary/aromatic N) is 1. The van der Waals surface area contributed by atoms with Crippen molar-refractivity contribution in [3.05, 3.63) is 60.7 Å². The molecular formula is C20H23N2O4PS. The number of likely N-dealkylation sites (tertiary alicyclic amines) is 1. The van der Waals surface area contributed by atoms with Gasteiger partial charge in [0.2, 0.25) is 5.91 Å². The van der Waals surface area contributed by atoms with Gasteiger partial charge < -0.3 is 13.9 Å². The molecule has 0 radical (unpaired) electrons. The average molecular weight is 418 g/mol. The van der Waals surface area contributed by atoms with Gasteiger partial charge in [0, 0.05) is 18.2 Å². The first-order valence-corrected chi connectivity index (χ1v) is 12.1. The number of rotatable bonds is 6. The van der Waals surface area contributed by atoms with Crippen molar-refractivity contribution in [1.82, 2.24) is 10.2 Å². The molecule has 1 unspecified atom stereocenters. The molecule has 0 aliphatic carbocycles. The Morgan fingerprint density at radius 1 is 1.04 bits per heavy atom. The van der Waals surface area contributed by atoms with Crippen LogP contribution in [0.1, 0.15) is 12.8 Å². The van der Waals surface area contributed by atoms with Crippen molar-refractivity contribution in [1.29, 1.82) is 0 Å². The number of carbonyl (C=O) groups is 1. The van der Waals surface area contributed by atoms with E-state index in [9.17, 15) is 9.36 Å². The van der Waals surface area contributed by atoms with Crippen LogP contribution in [0, 0.1) is 0 Å². The quantitative estimate of drug-likeness (QED) is 0.717. The van der Waals surface area contributed by atoms with Crippen LogP contribution < -0.4 is 14.4 Å². The van der Waals surface area contributed by atoms with E-state index in [0.29, 0.717) is 24.5 Å². The van der Waals surface area contributed by atoms with Gasteiger partial charge in [-0.25, -0.2) is 4.57 Å². The molecule has 2 aliphatic heterocycles. The van der Waals surface area contributed by atoms with E-state index < -0.39 is 13.4 Å². The minimum atomic E-state index is -3.69. The van der Waals surface area contributed by atoms with Crippen LogP contribution in [0.5, 0.6) is 11.5 Å². The van der Waals surface area contributed by atoms with Crippen LogP contribution in [0.2, 0.25) is 0 Å². The largest absolute Gasteiger partial charge is 0.453 e. The molecule has 8 heteroatoms. The predicted molar refractivity (Wildman–Crippen MR) is 111 cm³/mol. The van der Waals surface area contributed by atoms with Gasteiger partial charge in [0.05, 0.1) is 6.04 Å². The Bertz CT molecular complexity index is 800. The molecule has 2 aromatic rings. The highest BCUT2D eigenvalue weighted by molar-refractivity contribution is 7.99. The standard InChI is InChI=1S/C20H23N2O4PS/c23-20(18-14-28-15-21-18)22-13-7-12-19(22)27(24,25-16-8-3-1-4-9-16)26-17-10-5-2-6-11-17/h1-6,8-11,18-19,21H,7,12-15H2/t18-,19?/m0/s1. The van der Waals surface area contributed by atoms with Gasteiger partial charge in [0.25, 0.3) is 0 Å². The Morgan fingerprint density at radius 3 is 2.18 bits per heavy atom. The SMILES string of the molecule is O=C([C@@H]1CSCN1)N1CCCC1P(=O)(Oc1ccccc1)Oc1ccccc1. The van der Waals surface area contributed by atoms with E-state index >= 15 is 0 Å². The number of benzene rings is 2. The van der Waals surface area contributed by atoms with Gasteiger partial charge in [-0.1, -0.05) is 36.4 Å². The minimum Gasteiger partial charge on any atom is -0.415 e. The van der Waals surface area contributed by atoms with Crippen LogP contribution in [0.15, 0.2) is 60.7 Å². The Hall–Kier alpha value is -1.95. The van der Waals surface area contributed by atoms with E-state index in [1.165, 1.54) is 0 Å². The number of carbonyl (C=O) groups excluding carboxylic acids is 1. The molecule has 2 fully saturated rings. The number of para-hydroxylation sites is 2. The van der Waals surface area contributed by atoms with Gasteiger partial charge in [0.1, 0.15) is 11.5 Å². The summed E-state index contributed by atoms with van der Waals surface area (Å²) >= 11 is 1.69. The summed E-state index contributed by atoms with van der Waals surface area (Å²) in [5, 5.41) is 3.21. The zero-order chi connectivity index (χ0) is 19.4. The molecule has 2 aliphatic rings. The summed E-state index contributed by atoms with van der Waals surface area (Å²) in [6.07, 6.45) is 1.36. The summed E-state index contributed by atoms with van der Waals surface area (Å²) in [5.41, 5.74) is 0. The van der Waals surface area contributed by atoms with Gasteiger partial charge in [-0.2, -0.15) is 0 Å². The van der Waals surface area contributed by atoms with Crippen molar-refractivity contribution in [2.75, 3.05) is 18.2 Å². The van der Waals surface area contributed by atoms with E-state index in [-0.39, 0.29) is 11.9 Å². The topological polar surface area (TPSA) is 67.9 Å². The maximum atomic E-state index is 14.0. The third-order valence-corrected chi connectivity index (χ3v) is 7.97. The second kappa shape index (κ2) is 8.60. The van der Waals surface area contributed by atoms with Crippen LogP contribution in [0.25, 0.3) is 0 Å². The maximum absolute atomic E-state index is 14.0. The summed E-state index contributed by atoms with van der Waals surface area (Å²) in [7, 11) is -3.69. The molecule has 2 heterocycles. The molecule has 2 atom stereocenters. The van der Waals surface area contributed by atoms with E-state index in [1.54, 1.807) is 40.9 Å². The van der Waals surface area contributed by atoms with Gasteiger partial charge in [-0.05, 0) is 37.1 Å². The normalized spacial score (nSPS) is 22.2. The lowest BCUT2D eigenvalue weighted by molar-refractivity contribution is -0.132. The highest BCUT2D eigenvalue weighted by Gasteiger charge is 2.48. The van der Waals surface area contributed by atoms with Crippen LogP contribution in [-0.4, -0.2) is 40.8 Å². The van der Waals surface area contributed by atoms with Crippen molar-refractivity contribution in [2.45, 2.75) is 24.7 Å². The lowest BCUT2D eigenvalue weighted by atomic mass is 10.3. The molecule has 1 amide bonds. The summed E-state index contributed by atoms with van der Waals surface area (Å²) in [4.78, 5) is 14.7. The summed E-state index contributed by atoms with van der Waals surface area (Å²) in [6.45, 7) is 0.562. The predicted octanol–water partition coefficient (Wildman–Crippen LogP) is 3.95. The molecule has 0 saturated carbocycles. The van der Waals surface area contributed by atoms with E-state index in [1.807, 2.05) is 36.4 Å². The van der Waals surface area contributed by atoms with E-state index in [4.69, 9.17) is 9.05 Å². The second-order valence-corrected chi connectivity index (χ2v) is 9.85. The molecular weight excluding hydrogens is 395 g/mol. The first-order chi connectivity index (χ1) is 13.7. The second-order valence-electron chi connectivity index (χ2n) is 6.77. The molecule has 0 spiro atoms. The number of thioether (sulfide) groups is 1. The molecule has 0 bridgehead atoms. The first kappa shape index (κ1) is 19.4. The molecule has 4 rings (SSSR count). The summed E-state index contributed by atoms with van der Waals surface area (Å²) in [5.74, 6) is 1.79. The van der Waals surface area contributed by atoms with Crippen molar-refractivity contribution in [3.63, 3.8) is 0 Å². The summed E-state index contributed by atoms with van der Waals surface area (Å²) < 4.78 is 25.9. The lowest BCUT2D eigenvalue weighted by Crippen LogP contribution is -2.47. The number of hydrogen-bond acceptors (Lipinski definition) is 6. The van der Waals surface area contributed by atoms with Crippen molar-refractivity contribution >= 4 is 25.3 Å². The van der Waals surface area contributed by atoms with E-state index in [2.05, 4.69) is 5.32 Å². The van der Waals surface area contributed by atoms with Crippen molar-refractivity contribution < 1.29 is 18.4 Å². The Morgan fingerprint density at radius 2 is 1.64 bits per heavy atom. The monoisotopic (exact) mass is 418 g/mol. The van der Waals surface area contributed by atoms with Gasteiger partial charge in [0.15, 0.2) is 5.78 Å². The minimum absolute atomic E-state index is 0.0268. The fourth-order valence-corrected chi connectivity index (χ4v) is 6.60. The lowest BCUT2D eigenvalue weighted by Gasteiger charge is -2.32.